The van der Waals surface area contributed by atoms with Crippen LogP contribution in [0.1, 0.15) is 33.7 Å². The molecule has 0 saturated carbocycles. The molecule has 0 aliphatic heterocycles. The molecule has 0 radical (unpaired) electrons. The number of aromatic nitrogens is 2. The number of alkyl halides is 4. The van der Waals surface area contributed by atoms with Crippen LogP contribution in [0, 0.1) is 13.8 Å². The maximum absolute atomic E-state index is 13.2. The number of nitrogens with one attached hydrogen (secondary N) is 1. The Hall–Kier alpha value is -2.58. The minimum Gasteiger partial charge on any atom is -0.427 e. The minimum atomic E-state index is -4.68. The summed E-state index contributed by atoms with van der Waals surface area (Å²) in [6, 6.07) is 5.11. The van der Waals surface area contributed by atoms with Crippen LogP contribution in [0.5, 0.6) is 5.75 Å². The SMILES string of the molecule is Cc1n[nH]c(C)c1CCCN(C)C(=O)c1ccccc1OC(F)(F)C(F)F. The molecule has 0 fully saturated rings. The third kappa shape index (κ3) is 4.99. The van der Waals surface area contributed by atoms with Crippen molar-refractivity contribution in [3.8, 4) is 5.75 Å². The van der Waals surface area contributed by atoms with Gasteiger partial charge in [0.1, 0.15) is 5.75 Å². The Morgan fingerprint density at radius 3 is 2.56 bits per heavy atom. The predicted molar refractivity (Wildman–Crippen MR) is 91.4 cm³/mol. The molecule has 27 heavy (non-hydrogen) atoms. The van der Waals surface area contributed by atoms with Crippen LogP contribution in [0.3, 0.4) is 0 Å². The van der Waals surface area contributed by atoms with Crippen molar-refractivity contribution >= 4 is 5.91 Å². The Kier molecular flexibility index (Phi) is 6.45. The van der Waals surface area contributed by atoms with Gasteiger partial charge in [-0.1, -0.05) is 12.1 Å². The third-order valence-electron chi connectivity index (χ3n) is 4.17. The van der Waals surface area contributed by atoms with Crippen molar-refractivity contribution in [3.63, 3.8) is 0 Å². The van der Waals surface area contributed by atoms with E-state index in [0.29, 0.717) is 19.4 Å². The lowest BCUT2D eigenvalue weighted by molar-refractivity contribution is -0.253. The molecule has 2 rings (SSSR count). The van der Waals surface area contributed by atoms with Gasteiger partial charge in [-0.2, -0.15) is 22.7 Å². The lowest BCUT2D eigenvalue weighted by Crippen LogP contribution is -2.35. The number of hydrogen-bond acceptors (Lipinski definition) is 3. The number of halogens is 4. The Labute approximate surface area is 154 Å². The lowest BCUT2D eigenvalue weighted by Gasteiger charge is -2.22. The number of carbonyl (C=O) groups is 1. The number of H-pyrrole nitrogens is 1. The fourth-order valence-electron chi connectivity index (χ4n) is 2.67. The standard InChI is InChI=1S/C18H21F4N3O2/c1-11-13(12(2)24-23-11)8-6-10-25(3)16(26)14-7-4-5-9-15(14)27-18(21,22)17(19)20/h4-5,7,9,17H,6,8,10H2,1-3H3,(H,23,24). The summed E-state index contributed by atoms with van der Waals surface area (Å²) in [6.45, 7) is 4.13. The number of aryl methyl sites for hydroxylation is 2. The largest absolute Gasteiger partial charge is 0.461 e. The molecule has 5 nitrogen and oxygen atoms in total. The second kappa shape index (κ2) is 8.41. The van der Waals surface area contributed by atoms with Crippen LogP contribution in [-0.4, -0.2) is 47.1 Å². The number of amides is 1. The number of nitrogens with zero attached hydrogens (tertiary/aromatic N) is 2. The quantitative estimate of drug-likeness (QED) is 0.698. The Morgan fingerprint density at radius 2 is 1.96 bits per heavy atom. The summed E-state index contributed by atoms with van der Waals surface area (Å²) in [4.78, 5) is 13.9. The van der Waals surface area contributed by atoms with Gasteiger partial charge >= 0.3 is 12.5 Å². The molecule has 0 aliphatic rings. The molecule has 1 amide bonds. The number of carbonyl (C=O) groups excluding carboxylic acids is 1. The smallest absolute Gasteiger partial charge is 0.427 e. The number of rotatable bonds is 8. The van der Waals surface area contributed by atoms with E-state index in [4.69, 9.17) is 0 Å². The van der Waals surface area contributed by atoms with Gasteiger partial charge in [0.05, 0.1) is 11.3 Å². The molecular weight excluding hydrogens is 366 g/mol. The van der Waals surface area contributed by atoms with Gasteiger partial charge in [0.25, 0.3) is 5.91 Å². The molecule has 0 unspecified atom stereocenters. The monoisotopic (exact) mass is 387 g/mol. The zero-order valence-electron chi connectivity index (χ0n) is 15.2. The van der Waals surface area contributed by atoms with Gasteiger partial charge < -0.3 is 9.64 Å². The van der Waals surface area contributed by atoms with E-state index in [1.54, 1.807) is 0 Å². The van der Waals surface area contributed by atoms with Gasteiger partial charge in [-0.25, -0.2) is 0 Å². The van der Waals surface area contributed by atoms with Gasteiger partial charge in [-0.3, -0.25) is 9.89 Å². The third-order valence-corrected chi connectivity index (χ3v) is 4.17. The first-order valence-corrected chi connectivity index (χ1v) is 8.33. The predicted octanol–water partition coefficient (Wildman–Crippen LogP) is 3.97. The number of ether oxygens (including phenoxy) is 1. The van der Waals surface area contributed by atoms with E-state index in [9.17, 15) is 22.4 Å². The maximum atomic E-state index is 13.2. The van der Waals surface area contributed by atoms with Crippen LogP contribution in [0.4, 0.5) is 17.6 Å². The molecule has 1 N–H and O–H groups in total. The Bertz CT molecular complexity index is 773. The molecule has 1 aromatic carbocycles. The van der Waals surface area contributed by atoms with Gasteiger partial charge in [0.15, 0.2) is 0 Å². The number of para-hydroxylation sites is 1. The van der Waals surface area contributed by atoms with E-state index in [2.05, 4.69) is 14.9 Å². The highest BCUT2D eigenvalue weighted by atomic mass is 19.3. The highest BCUT2D eigenvalue weighted by Crippen LogP contribution is 2.30. The van der Waals surface area contributed by atoms with Gasteiger partial charge in [-0.15, -0.1) is 0 Å². The Balaban J connectivity index is 2.04. The summed E-state index contributed by atoms with van der Waals surface area (Å²) in [6.07, 6.45) is -7.36. The van der Waals surface area contributed by atoms with Gasteiger partial charge in [0, 0.05) is 19.3 Å². The van der Waals surface area contributed by atoms with Crippen LogP contribution in [0.2, 0.25) is 0 Å². The normalized spacial score (nSPS) is 11.7. The fraction of sp³-hybridized carbons (Fsp3) is 0.444. The van der Waals surface area contributed by atoms with Crippen LogP contribution < -0.4 is 4.74 Å². The summed E-state index contributed by atoms with van der Waals surface area (Å²) in [5.41, 5.74) is 2.70. The molecule has 0 atom stereocenters. The minimum absolute atomic E-state index is 0.198. The summed E-state index contributed by atoms with van der Waals surface area (Å²) in [7, 11) is 1.51. The lowest BCUT2D eigenvalue weighted by atomic mass is 10.1. The van der Waals surface area contributed by atoms with E-state index in [-0.39, 0.29) is 5.56 Å². The first kappa shape index (κ1) is 20.7. The summed E-state index contributed by atoms with van der Waals surface area (Å²) in [5.74, 6) is -1.17. The zero-order valence-corrected chi connectivity index (χ0v) is 15.2. The van der Waals surface area contributed by atoms with Crippen LogP contribution in [0.15, 0.2) is 24.3 Å². The molecule has 1 heterocycles. The van der Waals surface area contributed by atoms with Crippen LogP contribution in [-0.2, 0) is 6.42 Å². The van der Waals surface area contributed by atoms with Crippen LogP contribution in [0.25, 0.3) is 0 Å². The highest BCUT2D eigenvalue weighted by molar-refractivity contribution is 5.96. The molecule has 148 valence electrons. The summed E-state index contributed by atoms with van der Waals surface area (Å²) >= 11 is 0. The Morgan fingerprint density at radius 1 is 1.30 bits per heavy atom. The molecular formula is C18H21F4N3O2. The number of hydrogen-bond donors (Lipinski definition) is 1. The van der Waals surface area contributed by atoms with Gasteiger partial charge in [0.2, 0.25) is 0 Å². The van der Waals surface area contributed by atoms with Crippen molar-refractivity contribution in [2.24, 2.45) is 0 Å². The molecule has 0 aliphatic carbocycles. The second-order valence-electron chi connectivity index (χ2n) is 6.20. The summed E-state index contributed by atoms with van der Waals surface area (Å²) < 4.78 is 55.3. The van der Waals surface area contributed by atoms with E-state index >= 15 is 0 Å². The highest BCUT2D eigenvalue weighted by Gasteiger charge is 2.44. The first-order valence-electron chi connectivity index (χ1n) is 8.33. The van der Waals surface area contributed by atoms with Crippen molar-refractivity contribution in [1.82, 2.24) is 15.1 Å². The zero-order chi connectivity index (χ0) is 20.2. The van der Waals surface area contributed by atoms with Crippen LogP contribution >= 0.6 is 0 Å². The second-order valence-corrected chi connectivity index (χ2v) is 6.20. The maximum Gasteiger partial charge on any atom is 0.461 e. The molecule has 9 heteroatoms. The average molecular weight is 387 g/mol. The molecule has 1 aromatic heterocycles. The van der Waals surface area contributed by atoms with Crippen molar-refractivity contribution < 1.29 is 27.1 Å². The van der Waals surface area contributed by atoms with Gasteiger partial charge in [-0.05, 0) is 44.4 Å². The summed E-state index contributed by atoms with van der Waals surface area (Å²) in [5, 5.41) is 6.98. The van der Waals surface area contributed by atoms with E-state index < -0.39 is 24.2 Å². The number of aromatic amines is 1. The molecule has 0 spiro atoms. The first-order chi connectivity index (χ1) is 12.6. The number of benzene rings is 1. The van der Waals surface area contributed by atoms with Crippen molar-refractivity contribution in [2.45, 2.75) is 39.2 Å². The fourth-order valence-corrected chi connectivity index (χ4v) is 2.67. The van der Waals surface area contributed by atoms with E-state index in [1.165, 1.54) is 30.1 Å². The van der Waals surface area contributed by atoms with Crippen molar-refractivity contribution in [3.05, 3.63) is 46.8 Å². The topological polar surface area (TPSA) is 58.2 Å². The van der Waals surface area contributed by atoms with Crippen molar-refractivity contribution in [1.29, 1.82) is 0 Å². The van der Waals surface area contributed by atoms with E-state index in [1.807, 2.05) is 13.8 Å². The van der Waals surface area contributed by atoms with E-state index in [0.717, 1.165) is 23.0 Å². The molecule has 0 bridgehead atoms. The molecule has 0 saturated heterocycles. The molecule has 2 aromatic rings. The average Bonchev–Trinajstić information content (AvgIpc) is 2.93. The van der Waals surface area contributed by atoms with Crippen molar-refractivity contribution in [2.75, 3.05) is 13.6 Å².